The van der Waals surface area contributed by atoms with Crippen LogP contribution in [-0.2, 0) is 0 Å². The van der Waals surface area contributed by atoms with E-state index in [9.17, 15) is 0 Å². The largest absolute Gasteiger partial charge is 0.0991 e. The molecule has 0 fully saturated rings. The van der Waals surface area contributed by atoms with Crippen LogP contribution in [0.4, 0.5) is 0 Å². The zero-order valence-electron chi connectivity index (χ0n) is 9.96. The summed E-state index contributed by atoms with van der Waals surface area (Å²) in [7, 11) is 0. The first-order valence-electron chi connectivity index (χ1n) is 5.11. The van der Waals surface area contributed by atoms with Gasteiger partial charge in [-0.25, -0.2) is 0 Å². The quantitative estimate of drug-likeness (QED) is 0.562. The van der Waals surface area contributed by atoms with Crippen LogP contribution in [0.3, 0.4) is 0 Å². The van der Waals surface area contributed by atoms with Gasteiger partial charge in [0.2, 0.25) is 0 Å². The van der Waals surface area contributed by atoms with Gasteiger partial charge in [-0.3, -0.25) is 0 Å². The Morgan fingerprint density at radius 2 is 1.47 bits per heavy atom. The molecule has 0 aromatic carbocycles. The molecule has 0 amide bonds. The summed E-state index contributed by atoms with van der Waals surface area (Å²) in [6.45, 7) is 13.5. The van der Waals surface area contributed by atoms with Gasteiger partial charge in [0.25, 0.3) is 0 Å². The van der Waals surface area contributed by atoms with Crippen molar-refractivity contribution in [3.05, 3.63) is 72.4 Å². The third-order valence-electron chi connectivity index (χ3n) is 1.91. The van der Waals surface area contributed by atoms with Gasteiger partial charge in [-0.15, -0.1) is 0 Å². The van der Waals surface area contributed by atoms with Crippen molar-refractivity contribution in [3.8, 4) is 0 Å². The number of hydrogen-bond acceptors (Lipinski definition) is 0. The van der Waals surface area contributed by atoms with E-state index < -0.39 is 0 Å². The Bertz CT molecular complexity index is 333. The molecule has 0 heterocycles. The van der Waals surface area contributed by atoms with Gasteiger partial charge in [-0.2, -0.15) is 0 Å². The van der Waals surface area contributed by atoms with Gasteiger partial charge in [-0.05, 0) is 31.9 Å². The lowest BCUT2D eigenvalue weighted by Crippen LogP contribution is -1.82. The normalized spacial score (nSPS) is 13.8. The van der Waals surface area contributed by atoms with Crippen molar-refractivity contribution in [2.75, 3.05) is 0 Å². The van der Waals surface area contributed by atoms with Crippen LogP contribution in [0.5, 0.6) is 0 Å². The summed E-state index contributed by atoms with van der Waals surface area (Å²) in [5, 5.41) is 0. The molecule has 0 aliphatic carbocycles. The maximum Gasteiger partial charge on any atom is -0.0230 e. The molecule has 0 radical (unpaired) electrons. The minimum atomic E-state index is 1.05. The number of hydrogen-bond donors (Lipinski definition) is 0. The summed E-state index contributed by atoms with van der Waals surface area (Å²) >= 11 is 0. The molecular weight excluding hydrogens is 180 g/mol. The van der Waals surface area contributed by atoms with Crippen molar-refractivity contribution in [1.29, 1.82) is 0 Å². The fourth-order valence-electron chi connectivity index (χ4n) is 1.12. The van der Waals surface area contributed by atoms with Gasteiger partial charge in [0, 0.05) is 0 Å². The minimum absolute atomic E-state index is 1.05. The van der Waals surface area contributed by atoms with Gasteiger partial charge in [0.15, 0.2) is 0 Å². The zero-order valence-corrected chi connectivity index (χ0v) is 9.96. The predicted octanol–water partition coefficient (Wildman–Crippen LogP) is 4.75. The molecule has 0 unspecified atom stereocenters. The van der Waals surface area contributed by atoms with E-state index in [0.717, 1.165) is 5.57 Å². The Balaban J connectivity index is 4.88. The average molecular weight is 200 g/mol. The van der Waals surface area contributed by atoms with Crippen molar-refractivity contribution in [3.63, 3.8) is 0 Å². The Morgan fingerprint density at radius 3 is 1.87 bits per heavy atom. The highest BCUT2D eigenvalue weighted by Gasteiger charge is 1.94. The lowest BCUT2D eigenvalue weighted by Gasteiger charge is -2.02. The van der Waals surface area contributed by atoms with Crippen molar-refractivity contribution in [1.82, 2.24) is 0 Å². The van der Waals surface area contributed by atoms with Crippen molar-refractivity contribution >= 4 is 0 Å². The molecule has 15 heavy (non-hydrogen) atoms. The fraction of sp³-hybridized carbons (Fsp3) is 0.200. The SMILES string of the molecule is C=C\C=C/C(=C\C)C(/C=C\C(=C)C)=C/C. The minimum Gasteiger partial charge on any atom is -0.0991 e. The van der Waals surface area contributed by atoms with Crippen molar-refractivity contribution < 1.29 is 0 Å². The van der Waals surface area contributed by atoms with Gasteiger partial charge < -0.3 is 0 Å². The van der Waals surface area contributed by atoms with Crippen LogP contribution in [0.15, 0.2) is 72.4 Å². The predicted molar refractivity (Wildman–Crippen MR) is 70.8 cm³/mol. The summed E-state index contributed by atoms with van der Waals surface area (Å²) in [4.78, 5) is 0. The van der Waals surface area contributed by atoms with Crippen molar-refractivity contribution in [2.45, 2.75) is 20.8 Å². The van der Waals surface area contributed by atoms with E-state index in [1.54, 1.807) is 6.08 Å². The van der Waals surface area contributed by atoms with Gasteiger partial charge >= 0.3 is 0 Å². The first-order chi connectivity index (χ1) is 7.15. The second kappa shape index (κ2) is 7.81. The molecule has 0 spiro atoms. The van der Waals surface area contributed by atoms with Crippen LogP contribution in [0.1, 0.15) is 20.8 Å². The summed E-state index contributed by atoms with van der Waals surface area (Å²) < 4.78 is 0. The first-order valence-corrected chi connectivity index (χ1v) is 5.11. The van der Waals surface area contributed by atoms with Crippen LogP contribution in [0, 0.1) is 0 Å². The molecule has 0 aromatic rings. The summed E-state index contributed by atoms with van der Waals surface area (Å²) in [5.41, 5.74) is 3.44. The smallest absolute Gasteiger partial charge is 0.0230 e. The van der Waals surface area contributed by atoms with E-state index >= 15 is 0 Å². The molecule has 0 atom stereocenters. The Hall–Kier alpha value is -1.56. The Kier molecular flexibility index (Phi) is 7.00. The van der Waals surface area contributed by atoms with Gasteiger partial charge in [0.05, 0.1) is 0 Å². The first kappa shape index (κ1) is 13.4. The second-order valence-electron chi connectivity index (χ2n) is 3.26. The highest BCUT2D eigenvalue weighted by atomic mass is 14.0. The molecule has 0 aromatic heterocycles. The van der Waals surface area contributed by atoms with Crippen molar-refractivity contribution in [2.24, 2.45) is 0 Å². The van der Waals surface area contributed by atoms with Crippen LogP contribution in [0.25, 0.3) is 0 Å². The molecule has 0 aliphatic heterocycles. The molecular formula is C15H20. The maximum atomic E-state index is 3.84. The summed E-state index contributed by atoms with van der Waals surface area (Å²) in [5.74, 6) is 0. The molecule has 0 aliphatic rings. The lowest BCUT2D eigenvalue weighted by atomic mass is 10.0. The Labute approximate surface area is 93.7 Å². The van der Waals surface area contributed by atoms with E-state index in [-0.39, 0.29) is 0 Å². The van der Waals surface area contributed by atoms with E-state index in [0.29, 0.717) is 0 Å². The average Bonchev–Trinajstić information content (AvgIpc) is 2.22. The highest BCUT2D eigenvalue weighted by Crippen LogP contribution is 2.14. The monoisotopic (exact) mass is 200 g/mol. The summed E-state index contributed by atoms with van der Waals surface area (Å²) in [6.07, 6.45) is 14.0. The van der Waals surface area contributed by atoms with Crippen LogP contribution >= 0.6 is 0 Å². The van der Waals surface area contributed by atoms with Crippen LogP contribution in [-0.4, -0.2) is 0 Å². The Morgan fingerprint density at radius 1 is 0.933 bits per heavy atom. The molecule has 0 saturated heterocycles. The molecule has 0 N–H and O–H groups in total. The molecule has 0 heteroatoms. The fourth-order valence-corrected chi connectivity index (χ4v) is 1.12. The topological polar surface area (TPSA) is 0 Å². The number of allylic oxidation sites excluding steroid dienone is 10. The van der Waals surface area contributed by atoms with Crippen LogP contribution < -0.4 is 0 Å². The van der Waals surface area contributed by atoms with Gasteiger partial charge in [-0.1, -0.05) is 61.3 Å². The molecule has 0 rings (SSSR count). The lowest BCUT2D eigenvalue weighted by molar-refractivity contribution is 1.45. The standard InChI is InChI=1S/C15H20/c1-6-9-10-14(7-2)15(8-3)12-11-13(4)5/h6-12H,1,4H2,2-3,5H3/b10-9-,12-11-,14-7+,15-8+. The molecule has 80 valence electrons. The van der Waals surface area contributed by atoms with Crippen LogP contribution in [0.2, 0.25) is 0 Å². The molecule has 0 saturated carbocycles. The van der Waals surface area contributed by atoms with Gasteiger partial charge in [0.1, 0.15) is 0 Å². The third-order valence-corrected chi connectivity index (χ3v) is 1.91. The zero-order chi connectivity index (χ0) is 11.7. The van der Waals surface area contributed by atoms with E-state index in [1.807, 2.05) is 39.0 Å². The number of rotatable bonds is 5. The van der Waals surface area contributed by atoms with E-state index in [1.165, 1.54) is 11.1 Å². The molecule has 0 nitrogen and oxygen atoms in total. The van der Waals surface area contributed by atoms with E-state index in [4.69, 9.17) is 0 Å². The van der Waals surface area contributed by atoms with E-state index in [2.05, 4.69) is 31.4 Å². The third kappa shape index (κ3) is 5.69. The highest BCUT2D eigenvalue weighted by molar-refractivity contribution is 5.47. The summed E-state index contributed by atoms with van der Waals surface area (Å²) in [6, 6.07) is 0. The maximum absolute atomic E-state index is 3.84. The second-order valence-corrected chi connectivity index (χ2v) is 3.26. The molecule has 0 bridgehead atoms.